The molecule has 0 spiro atoms. The highest BCUT2D eigenvalue weighted by molar-refractivity contribution is 8.08. The summed E-state index contributed by atoms with van der Waals surface area (Å²) in [5.41, 5.74) is 0.291. The van der Waals surface area contributed by atoms with Gasteiger partial charge in [-0.3, -0.25) is 14.3 Å². The molecule has 2 aliphatic rings. The number of aromatic nitrogens is 2. The molecule has 0 saturated carbocycles. The summed E-state index contributed by atoms with van der Waals surface area (Å²) in [6.45, 7) is 1.21. The van der Waals surface area contributed by atoms with Gasteiger partial charge in [0, 0.05) is 0 Å². The van der Waals surface area contributed by atoms with E-state index in [1.54, 1.807) is 0 Å². The molecule has 9 heteroatoms. The summed E-state index contributed by atoms with van der Waals surface area (Å²) in [4.78, 5) is 28.6. The Morgan fingerprint density at radius 1 is 1.57 bits per heavy atom. The lowest BCUT2D eigenvalue weighted by atomic mass is 9.92. The summed E-state index contributed by atoms with van der Waals surface area (Å²) in [6, 6.07) is 0. The minimum atomic E-state index is -1.23. The van der Waals surface area contributed by atoms with Gasteiger partial charge in [0.25, 0.3) is 0 Å². The van der Waals surface area contributed by atoms with Gasteiger partial charge in [-0.15, -0.1) is 0 Å². The van der Waals surface area contributed by atoms with Gasteiger partial charge in [0.05, 0.1) is 36.8 Å². The first-order chi connectivity index (χ1) is 9.97. The van der Waals surface area contributed by atoms with Crippen LogP contribution in [0.15, 0.2) is 18.2 Å². The third kappa shape index (κ3) is 1.88. The summed E-state index contributed by atoms with van der Waals surface area (Å²) in [5.74, 6) is -2.25. The first-order valence-electron chi connectivity index (χ1n) is 6.25. The van der Waals surface area contributed by atoms with Crippen LogP contribution in [0.3, 0.4) is 0 Å². The Kier molecular flexibility index (Phi) is 3.27. The highest BCUT2D eigenvalue weighted by atomic mass is 32.2. The molecule has 0 bridgehead atoms. The Morgan fingerprint density at radius 3 is 2.86 bits per heavy atom. The van der Waals surface area contributed by atoms with Crippen molar-refractivity contribution in [2.24, 2.45) is 5.92 Å². The number of nitrogens with zero attached hydrogens (tertiary/aromatic N) is 3. The van der Waals surface area contributed by atoms with Gasteiger partial charge in [-0.05, 0) is 6.92 Å². The van der Waals surface area contributed by atoms with E-state index in [1.807, 2.05) is 0 Å². The summed E-state index contributed by atoms with van der Waals surface area (Å²) >= 11 is 1.18. The van der Waals surface area contributed by atoms with Gasteiger partial charge in [0.1, 0.15) is 10.4 Å². The number of carboxylic acids is 1. The van der Waals surface area contributed by atoms with Gasteiger partial charge in [0.2, 0.25) is 5.91 Å². The van der Waals surface area contributed by atoms with Gasteiger partial charge < -0.3 is 15.3 Å². The van der Waals surface area contributed by atoms with Crippen molar-refractivity contribution in [2.75, 3.05) is 0 Å². The zero-order valence-corrected chi connectivity index (χ0v) is 11.8. The number of carbonyl (C=O) groups excluding carboxylic acids is 1. The number of carboxylic acid groups (broad SMARTS) is 1. The standard InChI is InChI=1S/C12H13N3O5S/c1-5(17)7-9(18)15-8(12(19)20)11(21-10(7)15)14-4-13-2-6(14)3-16/h2,4-5,7,10,16-17H,3H2,1H3,(H,19,20)/t5?,7-,10+/m0/s1. The van der Waals surface area contributed by atoms with Crippen molar-refractivity contribution >= 4 is 28.7 Å². The molecule has 1 aromatic rings. The minimum Gasteiger partial charge on any atom is -0.476 e. The average Bonchev–Trinajstić information content (AvgIpc) is 2.99. The Bertz CT molecular complexity index is 653. The molecule has 8 nitrogen and oxygen atoms in total. The molecule has 3 heterocycles. The number of hydrogen-bond acceptors (Lipinski definition) is 6. The fourth-order valence-corrected chi connectivity index (χ4v) is 4.16. The van der Waals surface area contributed by atoms with Crippen molar-refractivity contribution in [3.8, 4) is 0 Å². The van der Waals surface area contributed by atoms with Crippen LogP contribution in [0.5, 0.6) is 0 Å². The van der Waals surface area contributed by atoms with E-state index in [4.69, 9.17) is 0 Å². The lowest BCUT2D eigenvalue weighted by molar-refractivity contribution is -0.156. The smallest absolute Gasteiger partial charge is 0.355 e. The second kappa shape index (κ2) is 4.86. The predicted molar refractivity (Wildman–Crippen MR) is 72.4 cm³/mol. The largest absolute Gasteiger partial charge is 0.476 e. The highest BCUT2D eigenvalue weighted by Gasteiger charge is 2.58. The number of β-lactam (4-membered cyclic amide) rings is 1. The van der Waals surface area contributed by atoms with Crippen LogP contribution >= 0.6 is 11.8 Å². The predicted octanol–water partition coefficient (Wildman–Crippen LogP) is -0.502. The van der Waals surface area contributed by atoms with Crippen molar-refractivity contribution in [2.45, 2.75) is 25.0 Å². The lowest BCUT2D eigenvalue weighted by Crippen LogP contribution is -2.60. The number of fused-ring (bicyclic) bond motifs is 1. The maximum absolute atomic E-state index is 12.0. The molecule has 1 unspecified atom stereocenters. The van der Waals surface area contributed by atoms with Crippen molar-refractivity contribution in [1.29, 1.82) is 0 Å². The number of rotatable bonds is 4. The van der Waals surface area contributed by atoms with Crippen molar-refractivity contribution in [3.05, 3.63) is 23.9 Å². The Morgan fingerprint density at radius 2 is 2.29 bits per heavy atom. The van der Waals surface area contributed by atoms with Crippen LogP contribution in [0.2, 0.25) is 0 Å². The molecule has 3 atom stereocenters. The highest BCUT2D eigenvalue weighted by Crippen LogP contribution is 2.52. The molecule has 21 heavy (non-hydrogen) atoms. The first-order valence-corrected chi connectivity index (χ1v) is 7.13. The second-order valence-corrected chi connectivity index (χ2v) is 5.96. The van der Waals surface area contributed by atoms with Crippen LogP contribution < -0.4 is 0 Å². The number of hydrogen-bond donors (Lipinski definition) is 3. The summed E-state index contributed by atoms with van der Waals surface area (Å²) < 4.78 is 1.46. The molecule has 1 aromatic heterocycles. The number of aliphatic carboxylic acids is 1. The van der Waals surface area contributed by atoms with E-state index in [2.05, 4.69) is 4.98 Å². The van der Waals surface area contributed by atoms with E-state index in [9.17, 15) is 24.9 Å². The number of carbonyl (C=O) groups is 2. The number of aliphatic hydroxyl groups is 2. The molecular formula is C12H13N3O5S. The topological polar surface area (TPSA) is 116 Å². The van der Waals surface area contributed by atoms with Crippen LogP contribution in [0.1, 0.15) is 12.6 Å². The van der Waals surface area contributed by atoms with E-state index in [-0.39, 0.29) is 12.3 Å². The third-order valence-electron chi connectivity index (χ3n) is 3.58. The molecule has 1 fully saturated rings. The van der Waals surface area contributed by atoms with Crippen LogP contribution in [-0.2, 0) is 16.2 Å². The molecule has 0 aromatic carbocycles. The maximum atomic E-state index is 12.0. The van der Waals surface area contributed by atoms with Crippen LogP contribution in [0.25, 0.3) is 5.03 Å². The van der Waals surface area contributed by atoms with Crippen LogP contribution in [0, 0.1) is 5.92 Å². The average molecular weight is 311 g/mol. The van der Waals surface area contributed by atoms with Gasteiger partial charge in [-0.2, -0.15) is 0 Å². The quantitative estimate of drug-likeness (QED) is 0.642. The SMILES string of the molecule is CC(O)[C@H]1C(=O)N2C(C(=O)O)=C(n3cncc3CO)S[C@H]12. The molecule has 0 aliphatic carbocycles. The molecule has 112 valence electrons. The van der Waals surface area contributed by atoms with E-state index in [1.165, 1.54) is 40.7 Å². The maximum Gasteiger partial charge on any atom is 0.355 e. The van der Waals surface area contributed by atoms with E-state index >= 15 is 0 Å². The van der Waals surface area contributed by atoms with Gasteiger partial charge in [-0.25, -0.2) is 9.78 Å². The summed E-state index contributed by atoms with van der Waals surface area (Å²) in [7, 11) is 0. The van der Waals surface area contributed by atoms with Gasteiger partial charge in [0.15, 0.2) is 5.70 Å². The molecule has 3 N–H and O–H groups in total. The number of thioether (sulfide) groups is 1. The lowest BCUT2D eigenvalue weighted by Gasteiger charge is -2.43. The molecule has 3 rings (SSSR count). The van der Waals surface area contributed by atoms with Gasteiger partial charge >= 0.3 is 5.97 Å². The Balaban J connectivity index is 2.05. The van der Waals surface area contributed by atoms with Gasteiger partial charge in [-0.1, -0.05) is 11.8 Å². The van der Waals surface area contributed by atoms with Crippen LogP contribution in [0.4, 0.5) is 0 Å². The molecule has 2 aliphatic heterocycles. The second-order valence-electron chi connectivity index (χ2n) is 4.86. The number of imidazole rings is 1. The van der Waals surface area contributed by atoms with Crippen LogP contribution in [-0.4, -0.2) is 53.1 Å². The molecule has 0 radical (unpaired) electrons. The Labute approximate surface area is 123 Å². The number of amides is 1. The normalized spacial score (nSPS) is 25.9. The zero-order chi connectivity index (χ0) is 15.3. The fourth-order valence-electron chi connectivity index (χ4n) is 2.56. The Hall–Kier alpha value is -1.84. The third-order valence-corrected chi connectivity index (χ3v) is 4.94. The zero-order valence-electron chi connectivity index (χ0n) is 11.0. The molecule has 1 amide bonds. The fraction of sp³-hybridized carbons (Fsp3) is 0.417. The molecular weight excluding hydrogens is 298 g/mol. The summed E-state index contributed by atoms with van der Waals surface area (Å²) in [6.07, 6.45) is 1.97. The first kappa shape index (κ1) is 14.1. The van der Waals surface area contributed by atoms with E-state index < -0.39 is 29.3 Å². The monoisotopic (exact) mass is 311 g/mol. The molecule has 1 saturated heterocycles. The summed E-state index contributed by atoms with van der Waals surface area (Å²) in [5, 5.41) is 28.2. The van der Waals surface area contributed by atoms with Crippen molar-refractivity contribution in [3.63, 3.8) is 0 Å². The minimum absolute atomic E-state index is 0.139. The van der Waals surface area contributed by atoms with Crippen molar-refractivity contribution < 1.29 is 24.9 Å². The number of aliphatic hydroxyl groups excluding tert-OH is 2. The van der Waals surface area contributed by atoms with E-state index in [0.29, 0.717) is 10.7 Å². The van der Waals surface area contributed by atoms with E-state index in [0.717, 1.165) is 0 Å². The van der Waals surface area contributed by atoms with Crippen molar-refractivity contribution in [1.82, 2.24) is 14.5 Å².